The van der Waals surface area contributed by atoms with Crippen molar-refractivity contribution in [2.24, 2.45) is 5.92 Å². The SMILES string of the molecule is COc1ccc(C2(C)Cc3c(ccc(OC(=O)C4CCC4)c3C(=O)O)O2)cc1. The van der Waals surface area contributed by atoms with Crippen molar-refractivity contribution in [3.63, 3.8) is 0 Å². The van der Waals surface area contributed by atoms with Crippen LogP contribution in [0.3, 0.4) is 0 Å². The van der Waals surface area contributed by atoms with Gasteiger partial charge >= 0.3 is 11.9 Å². The zero-order chi connectivity index (χ0) is 19.9. The number of carboxylic acids is 1. The predicted molar refractivity (Wildman–Crippen MR) is 101 cm³/mol. The van der Waals surface area contributed by atoms with Crippen LogP contribution in [0.2, 0.25) is 0 Å². The highest BCUT2D eigenvalue weighted by atomic mass is 16.5. The van der Waals surface area contributed by atoms with Crippen LogP contribution in [-0.2, 0) is 16.8 Å². The van der Waals surface area contributed by atoms with E-state index in [0.717, 1.165) is 30.6 Å². The van der Waals surface area contributed by atoms with Crippen molar-refractivity contribution < 1.29 is 28.9 Å². The summed E-state index contributed by atoms with van der Waals surface area (Å²) in [5.41, 5.74) is 0.746. The van der Waals surface area contributed by atoms with E-state index in [1.54, 1.807) is 13.2 Å². The first kappa shape index (κ1) is 18.3. The number of hydrogen-bond donors (Lipinski definition) is 1. The van der Waals surface area contributed by atoms with E-state index in [-0.39, 0.29) is 23.2 Å². The third-order valence-electron chi connectivity index (χ3n) is 5.64. The molecule has 0 saturated heterocycles. The van der Waals surface area contributed by atoms with Gasteiger partial charge in [-0.2, -0.15) is 0 Å². The van der Waals surface area contributed by atoms with Crippen LogP contribution in [0.5, 0.6) is 17.2 Å². The van der Waals surface area contributed by atoms with E-state index in [1.165, 1.54) is 6.07 Å². The average Bonchev–Trinajstić information content (AvgIpc) is 2.97. The first-order valence-corrected chi connectivity index (χ1v) is 9.36. The minimum Gasteiger partial charge on any atom is -0.497 e. The van der Waals surface area contributed by atoms with E-state index in [1.807, 2.05) is 31.2 Å². The first-order valence-electron chi connectivity index (χ1n) is 9.36. The number of aromatic carboxylic acids is 1. The summed E-state index contributed by atoms with van der Waals surface area (Å²) in [5, 5.41) is 9.80. The molecule has 1 atom stereocenters. The molecule has 2 aromatic rings. The van der Waals surface area contributed by atoms with Crippen LogP contribution < -0.4 is 14.2 Å². The minimum atomic E-state index is -1.13. The number of carbonyl (C=O) groups is 2. The van der Waals surface area contributed by atoms with Crippen molar-refractivity contribution in [2.75, 3.05) is 7.11 Å². The van der Waals surface area contributed by atoms with E-state index >= 15 is 0 Å². The molecule has 4 rings (SSSR count). The Bertz CT molecular complexity index is 929. The minimum absolute atomic E-state index is 0.00223. The Balaban J connectivity index is 1.66. The van der Waals surface area contributed by atoms with Gasteiger partial charge in [-0.15, -0.1) is 0 Å². The average molecular weight is 382 g/mol. The normalized spacial score (nSPS) is 20.6. The van der Waals surface area contributed by atoms with Crippen molar-refractivity contribution in [3.05, 3.63) is 53.1 Å². The van der Waals surface area contributed by atoms with E-state index in [0.29, 0.717) is 17.7 Å². The second kappa shape index (κ2) is 6.86. The molecule has 1 aliphatic carbocycles. The highest BCUT2D eigenvalue weighted by molar-refractivity contribution is 5.95. The van der Waals surface area contributed by atoms with E-state index in [2.05, 4.69) is 0 Å². The largest absolute Gasteiger partial charge is 0.497 e. The number of hydrogen-bond acceptors (Lipinski definition) is 5. The van der Waals surface area contributed by atoms with Gasteiger partial charge in [-0.3, -0.25) is 4.79 Å². The van der Waals surface area contributed by atoms with Crippen LogP contribution in [-0.4, -0.2) is 24.2 Å². The van der Waals surface area contributed by atoms with Crippen molar-refractivity contribution in [2.45, 2.75) is 38.2 Å². The van der Waals surface area contributed by atoms with Crippen LogP contribution in [0.25, 0.3) is 0 Å². The predicted octanol–water partition coefficient (Wildman–Crippen LogP) is 3.95. The number of carbonyl (C=O) groups excluding carboxylic acids is 1. The first-order chi connectivity index (χ1) is 13.4. The van der Waals surface area contributed by atoms with Crippen LogP contribution >= 0.6 is 0 Å². The Hall–Kier alpha value is -3.02. The monoisotopic (exact) mass is 382 g/mol. The lowest BCUT2D eigenvalue weighted by atomic mass is 9.85. The maximum absolute atomic E-state index is 12.2. The molecule has 0 radical (unpaired) electrons. The van der Waals surface area contributed by atoms with Gasteiger partial charge in [-0.1, -0.05) is 18.6 Å². The molecular weight excluding hydrogens is 360 g/mol. The molecule has 1 fully saturated rings. The van der Waals surface area contributed by atoms with Crippen LogP contribution in [0.1, 0.15) is 47.7 Å². The van der Waals surface area contributed by atoms with Gasteiger partial charge in [0.25, 0.3) is 0 Å². The fraction of sp³-hybridized carbons (Fsp3) is 0.364. The molecule has 1 aliphatic heterocycles. The van der Waals surface area contributed by atoms with Crippen LogP contribution in [0.4, 0.5) is 0 Å². The molecule has 1 unspecified atom stereocenters. The number of fused-ring (bicyclic) bond motifs is 1. The molecule has 1 heterocycles. The fourth-order valence-corrected chi connectivity index (χ4v) is 3.75. The third-order valence-corrected chi connectivity index (χ3v) is 5.64. The Morgan fingerprint density at radius 1 is 1.14 bits per heavy atom. The molecule has 6 nitrogen and oxygen atoms in total. The van der Waals surface area contributed by atoms with Crippen molar-refractivity contribution in [1.29, 1.82) is 0 Å². The van der Waals surface area contributed by atoms with Crippen molar-refractivity contribution in [1.82, 2.24) is 0 Å². The number of rotatable bonds is 5. The van der Waals surface area contributed by atoms with Gasteiger partial charge in [-0.25, -0.2) is 4.79 Å². The number of ether oxygens (including phenoxy) is 3. The van der Waals surface area contributed by atoms with Gasteiger partial charge in [0.15, 0.2) is 0 Å². The molecule has 2 aromatic carbocycles. The summed E-state index contributed by atoms with van der Waals surface area (Å²) < 4.78 is 16.8. The summed E-state index contributed by atoms with van der Waals surface area (Å²) in [7, 11) is 1.60. The summed E-state index contributed by atoms with van der Waals surface area (Å²) in [5.74, 6) is -0.291. The van der Waals surface area contributed by atoms with Crippen molar-refractivity contribution in [3.8, 4) is 17.2 Å². The van der Waals surface area contributed by atoms with Gasteiger partial charge in [0.2, 0.25) is 0 Å². The highest BCUT2D eigenvalue weighted by Crippen LogP contribution is 2.45. The maximum Gasteiger partial charge on any atom is 0.339 e. The number of methoxy groups -OCH3 is 1. The lowest BCUT2D eigenvalue weighted by Gasteiger charge is -2.24. The molecule has 1 saturated carbocycles. The smallest absolute Gasteiger partial charge is 0.339 e. The Labute approximate surface area is 163 Å². The van der Waals surface area contributed by atoms with Gasteiger partial charge < -0.3 is 19.3 Å². The van der Waals surface area contributed by atoms with E-state index in [4.69, 9.17) is 14.2 Å². The Morgan fingerprint density at radius 3 is 2.43 bits per heavy atom. The molecule has 6 heteroatoms. The molecular formula is C22H22O6. The number of carboxylic acid groups (broad SMARTS) is 1. The topological polar surface area (TPSA) is 82.1 Å². The summed E-state index contributed by atoms with van der Waals surface area (Å²) in [6.07, 6.45) is 2.96. The molecule has 146 valence electrons. The summed E-state index contributed by atoms with van der Waals surface area (Å²) in [6, 6.07) is 10.7. The Morgan fingerprint density at radius 2 is 1.86 bits per heavy atom. The lowest BCUT2D eigenvalue weighted by molar-refractivity contribution is -0.141. The molecule has 2 aliphatic rings. The second-order valence-electron chi connectivity index (χ2n) is 7.51. The zero-order valence-electron chi connectivity index (χ0n) is 15.9. The highest BCUT2D eigenvalue weighted by Gasteiger charge is 2.40. The number of benzene rings is 2. The third kappa shape index (κ3) is 3.09. The number of esters is 1. The molecule has 0 aromatic heterocycles. The van der Waals surface area contributed by atoms with E-state index in [9.17, 15) is 14.7 Å². The maximum atomic E-state index is 12.2. The van der Waals surface area contributed by atoms with Gasteiger partial charge in [0, 0.05) is 12.0 Å². The lowest BCUT2D eigenvalue weighted by Crippen LogP contribution is -2.27. The summed E-state index contributed by atoms with van der Waals surface area (Å²) in [6.45, 7) is 1.92. The van der Waals surface area contributed by atoms with Crippen molar-refractivity contribution >= 4 is 11.9 Å². The molecule has 1 N–H and O–H groups in total. The summed E-state index contributed by atoms with van der Waals surface area (Å²) in [4.78, 5) is 24.2. The second-order valence-corrected chi connectivity index (χ2v) is 7.51. The van der Waals surface area contributed by atoms with Gasteiger partial charge in [0.05, 0.1) is 13.0 Å². The van der Waals surface area contributed by atoms with Crippen LogP contribution in [0, 0.1) is 5.92 Å². The fourth-order valence-electron chi connectivity index (χ4n) is 3.75. The Kier molecular flexibility index (Phi) is 4.49. The molecule has 28 heavy (non-hydrogen) atoms. The molecule has 0 amide bonds. The zero-order valence-corrected chi connectivity index (χ0v) is 15.9. The van der Waals surface area contributed by atoms with Crippen LogP contribution in [0.15, 0.2) is 36.4 Å². The summed E-state index contributed by atoms with van der Waals surface area (Å²) >= 11 is 0. The standard InChI is InChI=1S/C22H22O6/c1-22(14-6-8-15(26-2)9-7-14)12-16-17(28-22)10-11-18(19(16)20(23)24)27-21(25)13-4-3-5-13/h6-11,13H,3-5,12H2,1-2H3,(H,23,24). The molecule has 0 spiro atoms. The quantitative estimate of drug-likeness (QED) is 0.623. The molecule has 0 bridgehead atoms. The van der Waals surface area contributed by atoms with E-state index < -0.39 is 11.6 Å². The van der Waals surface area contributed by atoms with Gasteiger partial charge in [0.1, 0.15) is 28.4 Å². The van der Waals surface area contributed by atoms with Gasteiger partial charge in [-0.05, 0) is 49.6 Å².